The van der Waals surface area contributed by atoms with Crippen molar-refractivity contribution in [3.8, 4) is 0 Å². The fourth-order valence-electron chi connectivity index (χ4n) is 3.25. The van der Waals surface area contributed by atoms with Crippen LogP contribution < -0.4 is 0 Å². The largest absolute Gasteiger partial charge is 0.480 e. The Kier molecular flexibility index (Phi) is 4.32. The van der Waals surface area contributed by atoms with Crippen LogP contribution in [0.5, 0.6) is 0 Å². The highest BCUT2D eigenvalue weighted by molar-refractivity contribution is 8.04. The molecule has 0 saturated heterocycles. The summed E-state index contributed by atoms with van der Waals surface area (Å²) in [5.74, 6) is -0.594. The maximum Gasteiger partial charge on any atom is 0.329 e. The van der Waals surface area contributed by atoms with Gasteiger partial charge in [-0.1, -0.05) is 26.0 Å². The smallest absolute Gasteiger partial charge is 0.329 e. The van der Waals surface area contributed by atoms with Crippen molar-refractivity contribution in [3.63, 3.8) is 0 Å². The zero-order valence-electron chi connectivity index (χ0n) is 13.3. The van der Waals surface area contributed by atoms with Gasteiger partial charge in [-0.15, -0.1) is 11.8 Å². The molecular formula is C18H20FNO2S. The highest BCUT2D eigenvalue weighted by atomic mass is 32.2. The zero-order valence-corrected chi connectivity index (χ0v) is 14.1. The molecule has 1 aliphatic carbocycles. The van der Waals surface area contributed by atoms with E-state index in [-0.39, 0.29) is 11.2 Å². The third kappa shape index (κ3) is 3.66. The Bertz CT molecular complexity index is 691. The Morgan fingerprint density at radius 2 is 2.04 bits per heavy atom. The lowest BCUT2D eigenvalue weighted by atomic mass is 9.75. The molecule has 3 rings (SSSR count). The number of fused-ring (bicyclic) bond motifs is 1. The van der Waals surface area contributed by atoms with Crippen molar-refractivity contribution in [1.82, 2.24) is 0 Å². The van der Waals surface area contributed by atoms with Gasteiger partial charge in [-0.05, 0) is 47.9 Å². The minimum absolute atomic E-state index is 0.0681. The molecule has 1 aromatic rings. The first-order chi connectivity index (χ1) is 10.8. The van der Waals surface area contributed by atoms with Gasteiger partial charge < -0.3 is 5.11 Å². The normalized spacial score (nSPS) is 23.3. The van der Waals surface area contributed by atoms with Crippen LogP contribution in [0.15, 0.2) is 39.7 Å². The summed E-state index contributed by atoms with van der Waals surface area (Å²) in [6.07, 6.45) is 2.54. The first-order valence-corrected chi connectivity index (χ1v) is 8.72. The molecule has 0 fully saturated rings. The Hall–Kier alpha value is -1.62. The SMILES string of the molecule is CC1(C)CC2=NC(C(=O)O)CSC2=C(Cc2ccc(F)cc2)C1. The Morgan fingerprint density at radius 3 is 2.70 bits per heavy atom. The number of thioether (sulfide) groups is 1. The molecule has 0 saturated carbocycles. The van der Waals surface area contributed by atoms with Crippen LogP contribution in [-0.4, -0.2) is 28.6 Å². The van der Waals surface area contributed by atoms with E-state index in [9.17, 15) is 14.3 Å². The van der Waals surface area contributed by atoms with E-state index in [1.165, 1.54) is 17.7 Å². The predicted octanol–water partition coefficient (Wildman–Crippen LogP) is 4.08. The number of aliphatic imine (C=N–C) groups is 1. The van der Waals surface area contributed by atoms with Gasteiger partial charge in [0.2, 0.25) is 0 Å². The van der Waals surface area contributed by atoms with E-state index in [0.29, 0.717) is 5.75 Å². The van der Waals surface area contributed by atoms with E-state index in [2.05, 4.69) is 18.8 Å². The summed E-state index contributed by atoms with van der Waals surface area (Å²) in [6.45, 7) is 4.37. The molecular weight excluding hydrogens is 313 g/mol. The molecule has 1 unspecified atom stereocenters. The number of halogens is 1. The summed E-state index contributed by atoms with van der Waals surface area (Å²) in [7, 11) is 0. The van der Waals surface area contributed by atoms with Gasteiger partial charge in [0.1, 0.15) is 5.82 Å². The molecule has 1 atom stereocenters. The van der Waals surface area contributed by atoms with Crippen molar-refractivity contribution in [2.45, 2.75) is 39.2 Å². The van der Waals surface area contributed by atoms with Crippen molar-refractivity contribution in [3.05, 3.63) is 46.1 Å². The van der Waals surface area contributed by atoms with Crippen LogP contribution in [0, 0.1) is 11.2 Å². The summed E-state index contributed by atoms with van der Waals surface area (Å²) >= 11 is 1.61. The fourth-order valence-corrected chi connectivity index (χ4v) is 4.43. The minimum atomic E-state index is -0.854. The summed E-state index contributed by atoms with van der Waals surface area (Å²) in [5, 5.41) is 9.21. The molecule has 122 valence electrons. The molecule has 0 bridgehead atoms. The maximum atomic E-state index is 13.1. The third-order valence-electron chi connectivity index (χ3n) is 4.23. The number of carboxylic acids is 1. The number of nitrogens with zero attached hydrogens (tertiary/aromatic N) is 1. The summed E-state index contributed by atoms with van der Waals surface area (Å²) in [4.78, 5) is 16.9. The first-order valence-electron chi connectivity index (χ1n) is 7.73. The minimum Gasteiger partial charge on any atom is -0.480 e. The average molecular weight is 333 g/mol. The monoisotopic (exact) mass is 333 g/mol. The lowest BCUT2D eigenvalue weighted by Crippen LogP contribution is -2.33. The molecule has 0 radical (unpaired) electrons. The van der Waals surface area contributed by atoms with Gasteiger partial charge in [0, 0.05) is 16.4 Å². The van der Waals surface area contributed by atoms with Gasteiger partial charge >= 0.3 is 5.97 Å². The summed E-state index contributed by atoms with van der Waals surface area (Å²) < 4.78 is 13.1. The van der Waals surface area contributed by atoms with Crippen molar-refractivity contribution in [1.29, 1.82) is 0 Å². The van der Waals surface area contributed by atoms with Crippen LogP contribution in [0.3, 0.4) is 0 Å². The quantitative estimate of drug-likeness (QED) is 0.906. The molecule has 0 spiro atoms. The molecule has 2 aliphatic rings. The Balaban J connectivity index is 1.94. The molecule has 0 amide bonds. The summed E-state index contributed by atoms with van der Waals surface area (Å²) in [5.41, 5.74) is 3.37. The van der Waals surface area contributed by atoms with Gasteiger partial charge in [-0.2, -0.15) is 0 Å². The molecule has 1 aromatic carbocycles. The number of carbonyl (C=O) groups is 1. The molecule has 5 heteroatoms. The topological polar surface area (TPSA) is 49.7 Å². The Morgan fingerprint density at radius 1 is 1.35 bits per heavy atom. The fraction of sp³-hybridized carbons (Fsp3) is 0.444. The summed E-state index contributed by atoms with van der Waals surface area (Å²) in [6, 6.07) is 5.96. The van der Waals surface area contributed by atoms with Crippen molar-refractivity contribution in [2.24, 2.45) is 10.4 Å². The first kappa shape index (κ1) is 16.2. The van der Waals surface area contributed by atoms with Crippen LogP contribution in [0.1, 0.15) is 32.3 Å². The zero-order chi connectivity index (χ0) is 16.6. The number of allylic oxidation sites excluding steroid dienone is 2. The van der Waals surface area contributed by atoms with Crippen molar-refractivity contribution < 1.29 is 14.3 Å². The lowest BCUT2D eigenvalue weighted by Gasteiger charge is -2.36. The second-order valence-corrected chi connectivity index (χ2v) is 8.02. The number of carboxylic acid groups (broad SMARTS) is 1. The van der Waals surface area contributed by atoms with Crippen LogP contribution in [0.25, 0.3) is 0 Å². The van der Waals surface area contributed by atoms with Crippen LogP contribution in [0.4, 0.5) is 4.39 Å². The van der Waals surface area contributed by atoms with E-state index < -0.39 is 12.0 Å². The van der Waals surface area contributed by atoms with Crippen LogP contribution >= 0.6 is 11.8 Å². The third-order valence-corrected chi connectivity index (χ3v) is 5.53. The van der Waals surface area contributed by atoms with Crippen LogP contribution in [0.2, 0.25) is 0 Å². The molecule has 3 nitrogen and oxygen atoms in total. The molecule has 1 N–H and O–H groups in total. The highest BCUT2D eigenvalue weighted by Crippen LogP contribution is 2.44. The van der Waals surface area contributed by atoms with E-state index >= 15 is 0 Å². The average Bonchev–Trinajstić information content (AvgIpc) is 2.47. The van der Waals surface area contributed by atoms with Crippen LogP contribution in [-0.2, 0) is 11.2 Å². The Labute approximate surface area is 139 Å². The second-order valence-electron chi connectivity index (χ2n) is 6.99. The molecule has 23 heavy (non-hydrogen) atoms. The van der Waals surface area contributed by atoms with Gasteiger partial charge in [0.15, 0.2) is 6.04 Å². The maximum absolute atomic E-state index is 13.1. The second kappa shape index (κ2) is 6.11. The number of rotatable bonds is 3. The van der Waals surface area contributed by atoms with Gasteiger partial charge in [0.25, 0.3) is 0 Å². The number of aliphatic carboxylic acids is 1. The van der Waals surface area contributed by atoms with E-state index in [4.69, 9.17) is 0 Å². The van der Waals surface area contributed by atoms with Gasteiger partial charge in [-0.25, -0.2) is 9.18 Å². The predicted molar refractivity (Wildman–Crippen MR) is 91.5 cm³/mol. The van der Waals surface area contributed by atoms with Crippen molar-refractivity contribution >= 4 is 23.4 Å². The van der Waals surface area contributed by atoms with Crippen molar-refractivity contribution in [2.75, 3.05) is 5.75 Å². The number of hydrogen-bond acceptors (Lipinski definition) is 3. The molecule has 0 aromatic heterocycles. The molecule has 1 aliphatic heterocycles. The van der Waals surface area contributed by atoms with E-state index in [1.54, 1.807) is 11.8 Å². The standard InChI is InChI=1S/C18H20FNO2S/c1-18(2)8-12(7-11-3-5-13(19)6-4-11)16-14(9-18)20-15(10-23-16)17(21)22/h3-6,15H,7-10H2,1-2H3,(H,21,22). The number of benzene rings is 1. The van der Waals surface area contributed by atoms with E-state index in [0.717, 1.165) is 35.4 Å². The lowest BCUT2D eigenvalue weighted by molar-refractivity contribution is -0.137. The molecule has 1 heterocycles. The van der Waals surface area contributed by atoms with Gasteiger partial charge in [0.05, 0.1) is 0 Å². The van der Waals surface area contributed by atoms with Gasteiger partial charge in [-0.3, -0.25) is 4.99 Å². The number of hydrogen-bond donors (Lipinski definition) is 1. The highest BCUT2D eigenvalue weighted by Gasteiger charge is 2.35. The van der Waals surface area contributed by atoms with E-state index in [1.807, 2.05) is 12.1 Å².